The Bertz CT molecular complexity index is 763. The number of nitrogens with zero attached hydrogens (tertiary/aromatic N) is 2. The highest BCUT2D eigenvalue weighted by molar-refractivity contribution is 5.93. The van der Waals surface area contributed by atoms with Crippen LogP contribution in [0.15, 0.2) is 42.6 Å². The molecule has 28 heavy (non-hydrogen) atoms. The molecule has 0 fully saturated rings. The number of alkyl halides is 3. The third kappa shape index (κ3) is 6.41. The number of hydrogen-bond acceptors (Lipinski definition) is 5. The van der Waals surface area contributed by atoms with Crippen molar-refractivity contribution in [2.24, 2.45) is 0 Å². The molecule has 1 aromatic heterocycles. The van der Waals surface area contributed by atoms with Crippen LogP contribution in [0.2, 0.25) is 0 Å². The zero-order valence-corrected chi connectivity index (χ0v) is 15.8. The van der Waals surface area contributed by atoms with Gasteiger partial charge in [0, 0.05) is 18.8 Å². The molecule has 6 nitrogen and oxygen atoms in total. The number of nitrogens with one attached hydrogen (secondary N) is 1. The molecule has 2 aromatic rings. The van der Waals surface area contributed by atoms with E-state index in [1.165, 1.54) is 18.3 Å². The lowest BCUT2D eigenvalue weighted by atomic mass is 10.1. The van der Waals surface area contributed by atoms with Crippen LogP contribution in [0.3, 0.4) is 0 Å². The first kappa shape index (κ1) is 21.5. The van der Waals surface area contributed by atoms with Gasteiger partial charge in [0.25, 0.3) is 5.91 Å². The number of ether oxygens (including phenoxy) is 2. The van der Waals surface area contributed by atoms with Crippen LogP contribution >= 0.6 is 0 Å². The second kappa shape index (κ2) is 9.41. The second-order valence-corrected chi connectivity index (χ2v) is 6.25. The van der Waals surface area contributed by atoms with Crippen LogP contribution in [0.1, 0.15) is 22.0 Å². The maximum Gasteiger partial charge on any atom is 0.422 e. The number of carbonyl (C=O) groups excluding carboxylic acids is 1. The quantitative estimate of drug-likeness (QED) is 0.742. The van der Waals surface area contributed by atoms with Gasteiger partial charge < -0.3 is 19.7 Å². The second-order valence-electron chi connectivity index (χ2n) is 6.25. The Labute approximate surface area is 161 Å². The fourth-order valence-electron chi connectivity index (χ4n) is 2.47. The molecule has 1 aromatic carbocycles. The van der Waals surface area contributed by atoms with E-state index in [4.69, 9.17) is 4.74 Å². The van der Waals surface area contributed by atoms with Gasteiger partial charge in [-0.3, -0.25) is 4.79 Å². The lowest BCUT2D eigenvalue weighted by Crippen LogP contribution is -2.34. The van der Waals surface area contributed by atoms with Crippen LogP contribution in [-0.2, 0) is 0 Å². The first-order valence-electron chi connectivity index (χ1n) is 8.44. The normalized spacial score (nSPS) is 12.5. The van der Waals surface area contributed by atoms with Crippen LogP contribution in [0.4, 0.5) is 13.2 Å². The average Bonchev–Trinajstić information content (AvgIpc) is 2.66. The maximum absolute atomic E-state index is 12.3. The monoisotopic (exact) mass is 397 g/mol. The molecule has 0 saturated heterocycles. The van der Waals surface area contributed by atoms with Crippen LogP contribution < -0.4 is 14.8 Å². The summed E-state index contributed by atoms with van der Waals surface area (Å²) in [5.41, 5.74) is 1.23. The van der Waals surface area contributed by atoms with Crippen LogP contribution in [0, 0.1) is 0 Å². The van der Waals surface area contributed by atoms with Gasteiger partial charge in [-0.25, -0.2) is 4.98 Å². The van der Waals surface area contributed by atoms with E-state index >= 15 is 0 Å². The minimum atomic E-state index is -4.44. The lowest BCUT2D eigenvalue weighted by Gasteiger charge is -2.25. The lowest BCUT2D eigenvalue weighted by molar-refractivity contribution is -0.154. The molecule has 1 heterocycles. The van der Waals surface area contributed by atoms with Gasteiger partial charge in [-0.2, -0.15) is 13.2 Å². The molecule has 2 rings (SSSR count). The average molecular weight is 397 g/mol. The van der Waals surface area contributed by atoms with Gasteiger partial charge in [0.05, 0.1) is 18.7 Å². The van der Waals surface area contributed by atoms with Gasteiger partial charge in [0.1, 0.15) is 5.75 Å². The molecule has 1 atom stereocenters. The standard InChI is InChI=1S/C19H22F3N3O3/c1-25(2)16(13-4-7-15(27-3)8-5-13)11-24-18(26)14-6-9-17(23-10-14)28-12-19(20,21)22/h4-10,16H,11-12H2,1-3H3,(H,24,26). The highest BCUT2D eigenvalue weighted by atomic mass is 19.4. The summed E-state index contributed by atoms with van der Waals surface area (Å²) >= 11 is 0. The predicted molar refractivity (Wildman–Crippen MR) is 97.5 cm³/mol. The molecular weight excluding hydrogens is 375 g/mol. The minimum absolute atomic E-state index is 0.0720. The number of rotatable bonds is 8. The number of benzene rings is 1. The van der Waals surface area contributed by atoms with Crippen molar-refractivity contribution < 1.29 is 27.4 Å². The van der Waals surface area contributed by atoms with Crippen LogP contribution in [0.25, 0.3) is 0 Å². The number of pyridine rings is 1. The van der Waals surface area contributed by atoms with Gasteiger partial charge in [0.2, 0.25) is 5.88 Å². The molecule has 0 radical (unpaired) electrons. The van der Waals surface area contributed by atoms with Crippen LogP contribution in [-0.4, -0.2) is 56.3 Å². The Morgan fingerprint density at radius 3 is 2.36 bits per heavy atom. The maximum atomic E-state index is 12.3. The van der Waals surface area contributed by atoms with E-state index in [1.807, 2.05) is 43.3 Å². The number of aromatic nitrogens is 1. The fourth-order valence-corrected chi connectivity index (χ4v) is 2.47. The Morgan fingerprint density at radius 1 is 1.18 bits per heavy atom. The highest BCUT2D eigenvalue weighted by Crippen LogP contribution is 2.21. The van der Waals surface area contributed by atoms with E-state index < -0.39 is 12.8 Å². The summed E-state index contributed by atoms with van der Waals surface area (Å²) in [6, 6.07) is 10.1. The largest absolute Gasteiger partial charge is 0.497 e. The van der Waals surface area contributed by atoms with Crippen LogP contribution in [0.5, 0.6) is 11.6 Å². The fraction of sp³-hybridized carbons (Fsp3) is 0.368. The molecule has 0 aliphatic rings. The summed E-state index contributed by atoms with van der Waals surface area (Å²) in [7, 11) is 5.39. The molecule has 1 unspecified atom stereocenters. The molecule has 0 aliphatic heterocycles. The third-order valence-corrected chi connectivity index (χ3v) is 3.96. The van der Waals surface area contributed by atoms with E-state index in [-0.39, 0.29) is 23.4 Å². The Hall–Kier alpha value is -2.81. The van der Waals surface area contributed by atoms with Crippen molar-refractivity contribution in [3.63, 3.8) is 0 Å². The first-order valence-corrected chi connectivity index (χ1v) is 8.44. The molecule has 0 aliphatic carbocycles. The number of likely N-dealkylation sites (N-methyl/N-ethyl adjacent to an activating group) is 1. The van der Waals surface area contributed by atoms with Crippen molar-refractivity contribution in [1.82, 2.24) is 15.2 Å². The van der Waals surface area contributed by atoms with Crippen molar-refractivity contribution >= 4 is 5.91 Å². The number of methoxy groups -OCH3 is 1. The van der Waals surface area contributed by atoms with Gasteiger partial charge in [-0.15, -0.1) is 0 Å². The molecule has 0 saturated carbocycles. The van der Waals surface area contributed by atoms with E-state index in [9.17, 15) is 18.0 Å². The highest BCUT2D eigenvalue weighted by Gasteiger charge is 2.28. The van der Waals surface area contributed by atoms with E-state index in [0.717, 1.165) is 11.3 Å². The van der Waals surface area contributed by atoms with Crippen molar-refractivity contribution in [3.05, 3.63) is 53.7 Å². The Balaban J connectivity index is 1.96. The molecule has 0 spiro atoms. The Kier molecular flexibility index (Phi) is 7.22. The molecule has 1 N–H and O–H groups in total. The minimum Gasteiger partial charge on any atom is -0.497 e. The summed E-state index contributed by atoms with van der Waals surface area (Å²) in [5, 5.41) is 2.81. The molecule has 0 bridgehead atoms. The number of halogens is 3. The SMILES string of the molecule is COc1ccc(C(CNC(=O)c2ccc(OCC(F)(F)F)nc2)N(C)C)cc1. The van der Waals surface area contributed by atoms with Gasteiger partial charge in [0.15, 0.2) is 6.61 Å². The van der Waals surface area contributed by atoms with Crippen molar-refractivity contribution in [2.45, 2.75) is 12.2 Å². The summed E-state index contributed by atoms with van der Waals surface area (Å²) < 4.78 is 46.1. The number of amides is 1. The van der Waals surface area contributed by atoms with Crippen molar-refractivity contribution in [2.75, 3.05) is 34.4 Å². The predicted octanol–water partition coefficient (Wildman–Crippen LogP) is 3.06. The van der Waals surface area contributed by atoms with Gasteiger partial charge >= 0.3 is 6.18 Å². The number of carbonyl (C=O) groups is 1. The topological polar surface area (TPSA) is 63.7 Å². The zero-order chi connectivity index (χ0) is 20.7. The van der Waals surface area contributed by atoms with Crippen molar-refractivity contribution in [1.29, 1.82) is 0 Å². The summed E-state index contributed by atoms with van der Waals surface area (Å²) in [6.07, 6.45) is -3.26. The Morgan fingerprint density at radius 2 is 1.86 bits per heavy atom. The van der Waals surface area contributed by atoms with E-state index in [2.05, 4.69) is 15.0 Å². The van der Waals surface area contributed by atoms with Gasteiger partial charge in [-0.1, -0.05) is 12.1 Å². The zero-order valence-electron chi connectivity index (χ0n) is 15.8. The van der Waals surface area contributed by atoms with E-state index in [0.29, 0.717) is 6.54 Å². The summed E-state index contributed by atoms with van der Waals surface area (Å²) in [5.74, 6) is 0.165. The summed E-state index contributed by atoms with van der Waals surface area (Å²) in [4.78, 5) is 18.0. The molecule has 152 valence electrons. The molecular formula is C19H22F3N3O3. The van der Waals surface area contributed by atoms with Gasteiger partial charge in [-0.05, 0) is 37.9 Å². The van der Waals surface area contributed by atoms with Crippen molar-refractivity contribution in [3.8, 4) is 11.6 Å². The third-order valence-electron chi connectivity index (χ3n) is 3.96. The van der Waals surface area contributed by atoms with E-state index in [1.54, 1.807) is 7.11 Å². The summed E-state index contributed by atoms with van der Waals surface area (Å²) in [6.45, 7) is -1.09. The smallest absolute Gasteiger partial charge is 0.422 e. The number of hydrogen-bond donors (Lipinski definition) is 1. The molecule has 9 heteroatoms. The first-order chi connectivity index (χ1) is 13.2. The molecule has 1 amide bonds.